The van der Waals surface area contributed by atoms with Gasteiger partial charge in [0.2, 0.25) is 0 Å². The van der Waals surface area contributed by atoms with Gasteiger partial charge in [-0.3, -0.25) is 0 Å². The fraction of sp³-hybridized carbons (Fsp3) is 0.167. The molecule has 0 saturated carbocycles. The van der Waals surface area contributed by atoms with Crippen LogP contribution in [0.25, 0.3) is 0 Å². The lowest BCUT2D eigenvalue weighted by Crippen LogP contribution is -2.24. The molecule has 7 heteroatoms. The number of halogens is 1. The maximum Gasteiger partial charge on any atom is 0.335 e. The summed E-state index contributed by atoms with van der Waals surface area (Å²) < 4.78 is 0. The van der Waals surface area contributed by atoms with Crippen molar-refractivity contribution < 1.29 is 9.90 Å². The van der Waals surface area contributed by atoms with Crippen LogP contribution in [-0.2, 0) is 5.75 Å². The second-order valence-corrected chi connectivity index (χ2v) is 6.43. The number of anilines is 1. The van der Waals surface area contributed by atoms with Gasteiger partial charge in [0, 0.05) is 24.9 Å². The normalized spacial score (nSPS) is 10.3. The molecular formula is C18H18ClN3O2S. The zero-order valence-corrected chi connectivity index (χ0v) is 15.1. The van der Waals surface area contributed by atoms with Gasteiger partial charge >= 0.3 is 5.97 Å². The Morgan fingerprint density at radius 1 is 1.20 bits per heavy atom. The van der Waals surface area contributed by atoms with E-state index in [0.717, 1.165) is 5.56 Å². The lowest BCUT2D eigenvalue weighted by atomic mass is 10.1. The molecule has 0 radical (unpaired) electrons. The van der Waals surface area contributed by atoms with Crippen molar-refractivity contribution in [3.05, 3.63) is 71.9 Å². The van der Waals surface area contributed by atoms with Crippen molar-refractivity contribution >= 4 is 35.1 Å². The average Bonchev–Trinajstić information content (AvgIpc) is 2.59. The number of carbonyl (C=O) groups is 1. The quantitative estimate of drug-likeness (QED) is 0.305. The lowest BCUT2D eigenvalue weighted by molar-refractivity contribution is 0.0697. The van der Waals surface area contributed by atoms with E-state index in [1.54, 1.807) is 42.5 Å². The molecular weight excluding hydrogens is 358 g/mol. The number of carboxylic acids is 1. The Balaban J connectivity index is 2.12. The van der Waals surface area contributed by atoms with Gasteiger partial charge in [0.15, 0.2) is 5.16 Å². The number of aromatic carboxylic acids is 1. The Morgan fingerprint density at radius 2 is 1.84 bits per heavy atom. The van der Waals surface area contributed by atoms with Gasteiger partial charge in [-0.25, -0.2) is 14.8 Å². The first-order chi connectivity index (χ1) is 12.0. The number of benzene rings is 1. The van der Waals surface area contributed by atoms with Crippen LogP contribution in [0.5, 0.6) is 0 Å². The van der Waals surface area contributed by atoms with Gasteiger partial charge in [-0.05, 0) is 17.7 Å². The van der Waals surface area contributed by atoms with Crippen LogP contribution in [0.3, 0.4) is 0 Å². The summed E-state index contributed by atoms with van der Waals surface area (Å²) in [6, 6.07) is 8.43. The summed E-state index contributed by atoms with van der Waals surface area (Å²) in [6.07, 6.45) is 3.58. The van der Waals surface area contributed by atoms with Crippen LogP contribution < -0.4 is 4.90 Å². The van der Waals surface area contributed by atoms with Crippen LogP contribution in [-0.4, -0.2) is 34.1 Å². The molecule has 0 aliphatic carbocycles. The predicted octanol–water partition coefficient (Wildman–Crippen LogP) is 4.30. The summed E-state index contributed by atoms with van der Waals surface area (Å²) in [5.41, 5.74) is 1.24. The van der Waals surface area contributed by atoms with Gasteiger partial charge in [0.25, 0.3) is 0 Å². The third-order valence-corrected chi connectivity index (χ3v) is 4.36. The summed E-state index contributed by atoms with van der Waals surface area (Å²) in [5, 5.41) is 9.85. The maximum absolute atomic E-state index is 10.9. The monoisotopic (exact) mass is 375 g/mol. The van der Waals surface area contributed by atoms with Gasteiger partial charge in [0.1, 0.15) is 11.0 Å². The van der Waals surface area contributed by atoms with E-state index >= 15 is 0 Å². The first kappa shape index (κ1) is 19.0. The first-order valence-electron chi connectivity index (χ1n) is 7.50. The Labute approximate surface area is 156 Å². The molecule has 2 aromatic rings. The Morgan fingerprint density at radius 3 is 2.40 bits per heavy atom. The highest BCUT2D eigenvalue weighted by Crippen LogP contribution is 2.24. The van der Waals surface area contributed by atoms with Gasteiger partial charge < -0.3 is 10.0 Å². The third-order valence-electron chi connectivity index (χ3n) is 3.25. The standard InChI is InChI=1S/C18H18ClN3O2S/c1-3-9-22(10-4-2)16-11-15(19)20-18(21-16)25-12-13-5-7-14(8-6-13)17(23)24/h3-8,11H,1-2,9-10,12H2,(H,23,24). The second kappa shape index (κ2) is 9.25. The van der Waals surface area contributed by atoms with E-state index in [1.807, 2.05) is 4.90 Å². The van der Waals surface area contributed by atoms with Gasteiger partial charge in [0.05, 0.1) is 5.56 Å². The molecule has 0 bridgehead atoms. The van der Waals surface area contributed by atoms with Crippen molar-refractivity contribution in [1.82, 2.24) is 9.97 Å². The molecule has 2 rings (SSSR count). The molecule has 1 aromatic heterocycles. The smallest absolute Gasteiger partial charge is 0.335 e. The molecule has 0 spiro atoms. The third kappa shape index (κ3) is 5.62. The number of carboxylic acid groups (broad SMARTS) is 1. The number of aromatic nitrogens is 2. The number of hydrogen-bond acceptors (Lipinski definition) is 5. The van der Waals surface area contributed by atoms with Crippen LogP contribution >= 0.6 is 23.4 Å². The Kier molecular flexibility index (Phi) is 7.03. The Hall–Kier alpha value is -2.31. The molecule has 130 valence electrons. The van der Waals surface area contributed by atoms with E-state index < -0.39 is 5.97 Å². The van der Waals surface area contributed by atoms with Crippen LogP contribution in [0.4, 0.5) is 5.82 Å². The molecule has 0 fully saturated rings. The van der Waals surface area contributed by atoms with Gasteiger partial charge in [-0.2, -0.15) is 0 Å². The van der Waals surface area contributed by atoms with Crippen molar-refractivity contribution in [3.8, 4) is 0 Å². The first-order valence-corrected chi connectivity index (χ1v) is 8.86. The van der Waals surface area contributed by atoms with Gasteiger partial charge in [-0.1, -0.05) is 47.6 Å². The molecule has 1 heterocycles. The molecule has 0 aliphatic rings. The van der Waals surface area contributed by atoms with Crippen molar-refractivity contribution in [2.75, 3.05) is 18.0 Å². The number of nitrogens with zero attached hydrogens (tertiary/aromatic N) is 3. The van der Waals surface area contributed by atoms with E-state index in [1.165, 1.54) is 11.8 Å². The van der Waals surface area contributed by atoms with Crippen molar-refractivity contribution in [2.24, 2.45) is 0 Å². The zero-order valence-electron chi connectivity index (χ0n) is 13.6. The molecule has 0 aliphatic heterocycles. The van der Waals surface area contributed by atoms with Crippen molar-refractivity contribution in [3.63, 3.8) is 0 Å². The topological polar surface area (TPSA) is 66.3 Å². The van der Waals surface area contributed by atoms with Crippen LogP contribution in [0.15, 0.2) is 60.8 Å². The number of thioether (sulfide) groups is 1. The molecule has 0 saturated heterocycles. The molecule has 1 N–H and O–H groups in total. The van der Waals surface area contributed by atoms with Crippen LogP contribution in [0, 0.1) is 0 Å². The van der Waals surface area contributed by atoms with E-state index in [0.29, 0.717) is 35.0 Å². The summed E-state index contributed by atoms with van der Waals surface area (Å²) in [6.45, 7) is 8.75. The highest BCUT2D eigenvalue weighted by molar-refractivity contribution is 7.98. The Bertz CT molecular complexity index is 755. The summed E-state index contributed by atoms with van der Waals surface area (Å²) in [4.78, 5) is 21.6. The number of rotatable bonds is 9. The lowest BCUT2D eigenvalue weighted by Gasteiger charge is -2.20. The van der Waals surface area contributed by atoms with E-state index in [-0.39, 0.29) is 5.56 Å². The SMILES string of the molecule is C=CCN(CC=C)c1cc(Cl)nc(SCc2ccc(C(=O)O)cc2)n1. The van der Waals surface area contributed by atoms with Gasteiger partial charge in [-0.15, -0.1) is 13.2 Å². The minimum Gasteiger partial charge on any atom is -0.478 e. The fourth-order valence-corrected chi connectivity index (χ4v) is 3.11. The molecule has 1 aromatic carbocycles. The summed E-state index contributed by atoms with van der Waals surface area (Å²) in [7, 11) is 0. The van der Waals surface area contributed by atoms with E-state index in [9.17, 15) is 4.79 Å². The highest BCUT2D eigenvalue weighted by Gasteiger charge is 2.10. The second-order valence-electron chi connectivity index (χ2n) is 5.10. The zero-order chi connectivity index (χ0) is 18.2. The van der Waals surface area contributed by atoms with E-state index in [2.05, 4.69) is 23.1 Å². The average molecular weight is 376 g/mol. The highest BCUT2D eigenvalue weighted by atomic mass is 35.5. The van der Waals surface area contributed by atoms with Crippen LogP contribution in [0.2, 0.25) is 5.15 Å². The fourth-order valence-electron chi connectivity index (χ4n) is 2.08. The van der Waals surface area contributed by atoms with Crippen molar-refractivity contribution in [1.29, 1.82) is 0 Å². The molecule has 0 unspecified atom stereocenters. The molecule has 0 atom stereocenters. The molecule has 25 heavy (non-hydrogen) atoms. The molecule has 5 nitrogen and oxygen atoms in total. The largest absolute Gasteiger partial charge is 0.478 e. The summed E-state index contributed by atoms with van der Waals surface area (Å²) >= 11 is 7.56. The minimum atomic E-state index is -0.938. The summed E-state index contributed by atoms with van der Waals surface area (Å²) in [5.74, 6) is 0.387. The number of hydrogen-bond donors (Lipinski definition) is 1. The van der Waals surface area contributed by atoms with E-state index in [4.69, 9.17) is 16.7 Å². The molecule has 0 amide bonds. The van der Waals surface area contributed by atoms with Crippen molar-refractivity contribution in [2.45, 2.75) is 10.9 Å². The van der Waals surface area contributed by atoms with Crippen LogP contribution in [0.1, 0.15) is 15.9 Å². The minimum absolute atomic E-state index is 0.263. The maximum atomic E-state index is 10.9. The predicted molar refractivity (Wildman–Crippen MR) is 103 cm³/mol.